The van der Waals surface area contributed by atoms with Crippen molar-refractivity contribution < 1.29 is 28.7 Å². The van der Waals surface area contributed by atoms with Crippen molar-refractivity contribution in [1.82, 2.24) is 35.1 Å². The summed E-state index contributed by atoms with van der Waals surface area (Å²) >= 11 is 5.66. The van der Waals surface area contributed by atoms with Crippen LogP contribution in [0.2, 0.25) is 5.28 Å². The van der Waals surface area contributed by atoms with Gasteiger partial charge in [0.05, 0.1) is 38.1 Å². The minimum Gasteiger partial charge on any atom is -0.739 e. The number of anilines is 2. The lowest BCUT2D eigenvalue weighted by molar-refractivity contribution is -0.672. The van der Waals surface area contributed by atoms with Crippen LogP contribution in [0, 0.1) is 38.6 Å². The number of nitrogens with one attached hydrogen (secondary N) is 2. The highest BCUT2D eigenvalue weighted by Gasteiger charge is 2.27. The highest BCUT2D eigenvalue weighted by atomic mass is 35.5. The fraction of sp³-hybridized carbons (Fsp3) is 0.553. The van der Waals surface area contributed by atoms with Crippen molar-refractivity contribution in [3.63, 3.8) is 0 Å². The number of rotatable bonds is 10. The molecule has 2 saturated heterocycles. The van der Waals surface area contributed by atoms with Crippen molar-refractivity contribution in [1.29, 1.82) is 0 Å². The summed E-state index contributed by atoms with van der Waals surface area (Å²) in [4.78, 5) is 15.2. The Morgan fingerprint density at radius 3 is 1.49 bits per heavy atom. The van der Waals surface area contributed by atoms with E-state index in [9.17, 15) is 20.8 Å². The number of ether oxygens (including phenoxy) is 2. The van der Waals surface area contributed by atoms with Gasteiger partial charge in [0.25, 0.3) is 27.8 Å². The molecule has 67 heavy (non-hydrogen) atoms. The van der Waals surface area contributed by atoms with Crippen LogP contribution in [0.1, 0.15) is 67.0 Å². The first-order valence-electron chi connectivity index (χ1n) is 23.7. The Hall–Kier alpha value is -5.60. The molecule has 0 amide bonds. The smallest absolute Gasteiger partial charge is 0.460 e. The van der Waals surface area contributed by atoms with Crippen molar-refractivity contribution in [2.75, 3.05) is 89.4 Å². The summed E-state index contributed by atoms with van der Waals surface area (Å²) in [7, 11) is 0. The summed E-state index contributed by atoms with van der Waals surface area (Å²) in [5, 5.41) is 66.5. The van der Waals surface area contributed by atoms with Gasteiger partial charge in [-0.25, -0.2) is 14.7 Å². The van der Waals surface area contributed by atoms with Gasteiger partial charge < -0.3 is 35.6 Å². The third-order valence-electron chi connectivity index (χ3n) is 13.4. The van der Waals surface area contributed by atoms with Crippen molar-refractivity contribution >= 4 is 56.6 Å². The lowest BCUT2D eigenvalue weighted by Gasteiger charge is -2.26. The molecule has 3 unspecified atom stereocenters. The third kappa shape index (κ3) is 11.1. The lowest BCUT2D eigenvalue weighted by atomic mass is 10.1. The normalized spacial score (nSPS) is 20.2. The molecule has 5 heterocycles. The molecular formula is C47H60ClN13O6. The predicted octanol–water partition coefficient (Wildman–Crippen LogP) is 3.15. The van der Waals surface area contributed by atoms with E-state index in [0.717, 1.165) is 139 Å². The van der Waals surface area contributed by atoms with Gasteiger partial charge in [0, 0.05) is 67.4 Å². The minimum atomic E-state index is -0.00602. The Kier molecular flexibility index (Phi) is 14.4. The van der Waals surface area contributed by atoms with Gasteiger partial charge in [-0.1, -0.05) is 20.8 Å². The molecule has 6 aromatic rings. The van der Waals surface area contributed by atoms with Gasteiger partial charge in [-0.2, -0.15) is 0 Å². The van der Waals surface area contributed by atoms with Gasteiger partial charge in [0.1, 0.15) is 11.0 Å². The maximum absolute atomic E-state index is 12.7. The number of hydrogen-bond donors (Lipinski definition) is 2. The summed E-state index contributed by atoms with van der Waals surface area (Å²) < 4.78 is 11.4. The van der Waals surface area contributed by atoms with Gasteiger partial charge in [0.2, 0.25) is 5.10 Å². The maximum atomic E-state index is 12.7. The Balaban J connectivity index is 0.000000130. The van der Waals surface area contributed by atoms with E-state index in [1.165, 1.54) is 27.8 Å². The Morgan fingerprint density at radius 2 is 0.970 bits per heavy atom. The Morgan fingerprint density at radius 1 is 0.552 bits per heavy atom. The van der Waals surface area contributed by atoms with E-state index in [0.29, 0.717) is 72.4 Å². The molecule has 0 spiro atoms. The molecule has 19 nitrogen and oxygen atoms in total. The summed E-state index contributed by atoms with van der Waals surface area (Å²) in [6.07, 6.45) is 7.94. The number of fused-ring (bicyclic) bond motifs is 6. The molecule has 2 aliphatic heterocycles. The average Bonchev–Trinajstić information content (AvgIpc) is 4.00. The van der Waals surface area contributed by atoms with Crippen LogP contribution in [-0.4, -0.2) is 114 Å². The second-order valence-corrected chi connectivity index (χ2v) is 19.2. The van der Waals surface area contributed by atoms with Crippen LogP contribution in [0.4, 0.5) is 11.9 Å². The van der Waals surface area contributed by atoms with E-state index in [2.05, 4.69) is 72.5 Å². The van der Waals surface area contributed by atoms with Crippen LogP contribution in [0.3, 0.4) is 0 Å². The maximum Gasteiger partial charge on any atom is 0.460 e. The highest BCUT2D eigenvalue weighted by molar-refractivity contribution is 6.28. The molecule has 5 aliphatic rings. The second kappa shape index (κ2) is 20.7. The van der Waals surface area contributed by atoms with E-state index >= 15 is 0 Å². The van der Waals surface area contributed by atoms with E-state index in [1.807, 2.05) is 30.3 Å². The number of halogens is 1. The fourth-order valence-electron chi connectivity index (χ4n) is 10.1. The molecule has 3 atom stereocenters. The van der Waals surface area contributed by atoms with Crippen LogP contribution in [0.5, 0.6) is 0 Å². The lowest BCUT2D eigenvalue weighted by Crippen LogP contribution is -2.44. The molecule has 356 valence electrons. The van der Waals surface area contributed by atoms with Crippen LogP contribution in [-0.2, 0) is 48.0 Å². The van der Waals surface area contributed by atoms with E-state index in [4.69, 9.17) is 21.1 Å². The number of aromatic nitrogens is 9. The van der Waals surface area contributed by atoms with E-state index < -0.39 is 0 Å². The number of morpholine rings is 2. The fourth-order valence-corrected chi connectivity index (χ4v) is 10.2. The largest absolute Gasteiger partial charge is 0.739 e. The molecule has 0 bridgehead atoms. The molecule has 11 rings (SSSR count). The van der Waals surface area contributed by atoms with Gasteiger partial charge in [-0.05, 0) is 149 Å². The molecule has 20 heteroatoms. The van der Waals surface area contributed by atoms with Gasteiger partial charge in [-0.15, -0.1) is 0 Å². The summed E-state index contributed by atoms with van der Waals surface area (Å²) in [5.41, 5.74) is 10.5. The van der Waals surface area contributed by atoms with Gasteiger partial charge in [0.15, 0.2) is 5.52 Å². The van der Waals surface area contributed by atoms with Crippen molar-refractivity contribution in [2.45, 2.75) is 72.1 Å². The monoisotopic (exact) mass is 937 g/mol. The number of benzene rings is 3. The zero-order valence-electron chi connectivity index (χ0n) is 38.6. The molecule has 2 N–H and O–H groups in total. The minimum absolute atomic E-state index is 0.00602. The number of hydrogen-bond acceptors (Lipinski definition) is 15. The Labute approximate surface area is 394 Å². The van der Waals surface area contributed by atoms with Gasteiger partial charge >= 0.3 is 5.95 Å². The molecule has 3 aromatic carbocycles. The van der Waals surface area contributed by atoms with Crippen molar-refractivity contribution in [2.24, 2.45) is 17.8 Å². The quantitative estimate of drug-likeness (QED) is 0.115. The van der Waals surface area contributed by atoms with Crippen LogP contribution >= 0.6 is 11.6 Å². The van der Waals surface area contributed by atoms with Crippen molar-refractivity contribution in [3.05, 3.63) is 95.9 Å². The molecule has 0 saturated carbocycles. The topological polar surface area (TPSA) is 221 Å². The van der Waals surface area contributed by atoms with Crippen LogP contribution < -0.4 is 29.9 Å². The summed E-state index contributed by atoms with van der Waals surface area (Å²) in [5.74, 6) is 2.30. The molecule has 0 radical (unpaired) electrons. The summed E-state index contributed by atoms with van der Waals surface area (Å²) in [6, 6.07) is 11.5. The summed E-state index contributed by atoms with van der Waals surface area (Å²) in [6.45, 7) is 17.0. The third-order valence-corrected chi connectivity index (χ3v) is 13.5. The molecular weight excluding hydrogens is 878 g/mol. The first-order chi connectivity index (χ1) is 32.4. The highest BCUT2D eigenvalue weighted by Crippen LogP contribution is 2.31. The zero-order valence-corrected chi connectivity index (χ0v) is 39.3. The molecule has 2 fully saturated rings. The first kappa shape index (κ1) is 46.5. The first-order valence-corrected chi connectivity index (χ1v) is 24.1. The molecule has 3 aromatic heterocycles. The zero-order chi connectivity index (χ0) is 46.6. The SMILES string of the molecule is CC1Cc2cc3c(cc2C1)[n+]([O-])c(NCCCN1CCOCC1)n[n+]3[O-].CC1Cc2cc3nc(Cl)n[n+]([O-])c3cc2C1.CC1Cc2cc3nc(NCCCN4CCOCC4)n[n+]([O-])c3cc2C1. The molecule has 3 aliphatic carbocycles. The average molecular weight is 939 g/mol. The Bertz CT molecular complexity index is 2740. The standard InChI is InChI=1S/C18H25N5O3.C18H25N5O2.C11H10ClN3O/c1-13-9-14-11-16-17(12-15(14)10-13)23(25)20-18(22(16)24)19-3-2-4-21-5-7-26-8-6-21;1-13-9-14-11-16-17(12-15(14)10-13)23(24)21-18(20-16)19-3-2-4-22-5-7-25-8-6-22;1-6-2-7-4-9-10(5-8(7)3-6)15(16)14-11(12)13-9/h11-13H,2-10H2,1H3,(H,19,20);11-13H,2-10H2,1H3,(H,19,20,21);4-6H,2-3H2,1H3. The van der Waals surface area contributed by atoms with Crippen LogP contribution in [0.25, 0.3) is 33.1 Å². The van der Waals surface area contributed by atoms with E-state index in [-0.39, 0.29) is 11.2 Å². The van der Waals surface area contributed by atoms with E-state index in [1.54, 1.807) is 0 Å². The van der Waals surface area contributed by atoms with Gasteiger partial charge in [-0.3, -0.25) is 15.1 Å². The second-order valence-electron chi connectivity index (χ2n) is 18.9. The van der Waals surface area contributed by atoms with Crippen molar-refractivity contribution in [3.8, 4) is 0 Å². The predicted molar refractivity (Wildman–Crippen MR) is 252 cm³/mol. The van der Waals surface area contributed by atoms with Crippen LogP contribution in [0.15, 0.2) is 36.4 Å². The number of nitrogens with zero attached hydrogens (tertiary/aromatic N) is 11.